The van der Waals surface area contributed by atoms with E-state index in [1.807, 2.05) is 6.92 Å². The third-order valence-corrected chi connectivity index (χ3v) is 6.84. The normalized spacial score (nSPS) is 25.2. The molecule has 1 aliphatic carbocycles. The lowest BCUT2D eigenvalue weighted by molar-refractivity contribution is -0.141. The zero-order valence-electron chi connectivity index (χ0n) is 14.4. The molecule has 0 radical (unpaired) electrons. The molecule has 1 saturated carbocycles. The van der Waals surface area contributed by atoms with Gasteiger partial charge in [0.1, 0.15) is 12.1 Å². The number of hydrogen-bond acceptors (Lipinski definition) is 4. The van der Waals surface area contributed by atoms with E-state index in [1.165, 1.54) is 10.4 Å². The molecule has 4 amide bonds. The molecule has 1 unspecified atom stereocenters. The molecule has 6 nitrogen and oxygen atoms in total. The number of thiophene rings is 1. The van der Waals surface area contributed by atoms with Crippen LogP contribution in [-0.2, 0) is 16.0 Å². The summed E-state index contributed by atoms with van der Waals surface area (Å²) in [7, 11) is 0. The highest BCUT2D eigenvalue weighted by molar-refractivity contribution is 7.10. The summed E-state index contributed by atoms with van der Waals surface area (Å²) in [4.78, 5) is 42.2. The maximum Gasteiger partial charge on any atom is 0.325 e. The molecule has 2 fully saturated rings. The van der Waals surface area contributed by atoms with E-state index in [0.717, 1.165) is 30.6 Å². The SMILES string of the molecule is CC1c2ccsc2CCN1C(=O)CN1C(=O)NC2(CCCCC2)C1=O. The Labute approximate surface area is 151 Å². The molecule has 1 atom stereocenters. The van der Waals surface area contributed by atoms with Gasteiger partial charge in [0.2, 0.25) is 5.91 Å². The van der Waals surface area contributed by atoms with E-state index in [-0.39, 0.29) is 24.4 Å². The second-order valence-corrected chi connectivity index (χ2v) is 8.28. The van der Waals surface area contributed by atoms with Gasteiger partial charge in [-0.25, -0.2) is 4.79 Å². The molecule has 1 spiro atoms. The van der Waals surface area contributed by atoms with Crippen LogP contribution in [0.2, 0.25) is 0 Å². The van der Waals surface area contributed by atoms with Crippen molar-refractivity contribution in [2.24, 2.45) is 0 Å². The highest BCUT2D eigenvalue weighted by atomic mass is 32.1. The van der Waals surface area contributed by atoms with E-state index < -0.39 is 11.6 Å². The van der Waals surface area contributed by atoms with Crippen molar-refractivity contribution in [3.8, 4) is 0 Å². The molecule has 7 heteroatoms. The molecular formula is C18H23N3O3S. The van der Waals surface area contributed by atoms with Crippen LogP contribution in [0, 0.1) is 0 Å². The maximum absolute atomic E-state index is 12.8. The first kappa shape index (κ1) is 16.6. The van der Waals surface area contributed by atoms with Crippen LogP contribution in [0.5, 0.6) is 0 Å². The predicted molar refractivity (Wildman–Crippen MR) is 94.2 cm³/mol. The highest BCUT2D eigenvalue weighted by Gasteiger charge is 2.52. The number of nitrogens with zero attached hydrogens (tertiary/aromatic N) is 2. The van der Waals surface area contributed by atoms with Crippen LogP contribution >= 0.6 is 11.3 Å². The van der Waals surface area contributed by atoms with Crippen LogP contribution in [0.15, 0.2) is 11.4 Å². The first-order valence-corrected chi connectivity index (χ1v) is 9.90. The van der Waals surface area contributed by atoms with Crippen molar-refractivity contribution in [1.29, 1.82) is 0 Å². The van der Waals surface area contributed by atoms with Gasteiger partial charge in [-0.05, 0) is 43.2 Å². The van der Waals surface area contributed by atoms with Crippen molar-refractivity contribution in [2.75, 3.05) is 13.1 Å². The van der Waals surface area contributed by atoms with Crippen LogP contribution in [-0.4, -0.2) is 46.3 Å². The van der Waals surface area contributed by atoms with Crippen LogP contribution < -0.4 is 5.32 Å². The maximum atomic E-state index is 12.8. The van der Waals surface area contributed by atoms with E-state index in [0.29, 0.717) is 19.4 Å². The lowest BCUT2D eigenvalue weighted by atomic mass is 9.82. The fraction of sp³-hybridized carbons (Fsp3) is 0.611. The quantitative estimate of drug-likeness (QED) is 0.823. The number of fused-ring (bicyclic) bond motifs is 1. The number of carbonyl (C=O) groups excluding carboxylic acids is 3. The molecule has 4 rings (SSSR count). The van der Waals surface area contributed by atoms with Crippen LogP contribution in [0.4, 0.5) is 4.79 Å². The smallest absolute Gasteiger partial charge is 0.325 e. The molecule has 0 aromatic carbocycles. The molecule has 1 saturated heterocycles. The molecule has 134 valence electrons. The zero-order chi connectivity index (χ0) is 17.6. The summed E-state index contributed by atoms with van der Waals surface area (Å²) in [6.45, 7) is 2.50. The average molecular weight is 361 g/mol. The summed E-state index contributed by atoms with van der Waals surface area (Å²) in [6.07, 6.45) is 5.18. The summed E-state index contributed by atoms with van der Waals surface area (Å²) < 4.78 is 0. The van der Waals surface area contributed by atoms with Gasteiger partial charge in [-0.2, -0.15) is 0 Å². The lowest BCUT2D eigenvalue weighted by Crippen LogP contribution is -2.49. The number of urea groups is 1. The first-order valence-electron chi connectivity index (χ1n) is 9.02. The van der Waals surface area contributed by atoms with Gasteiger partial charge < -0.3 is 10.2 Å². The van der Waals surface area contributed by atoms with E-state index >= 15 is 0 Å². The van der Waals surface area contributed by atoms with Crippen molar-refractivity contribution in [1.82, 2.24) is 15.1 Å². The molecule has 3 heterocycles. The fourth-order valence-electron chi connectivity index (χ4n) is 4.39. The molecule has 25 heavy (non-hydrogen) atoms. The van der Waals surface area contributed by atoms with Crippen molar-refractivity contribution < 1.29 is 14.4 Å². The zero-order valence-corrected chi connectivity index (χ0v) is 15.2. The van der Waals surface area contributed by atoms with E-state index in [9.17, 15) is 14.4 Å². The Kier molecular flexibility index (Phi) is 4.06. The molecule has 1 N–H and O–H groups in total. The van der Waals surface area contributed by atoms with Gasteiger partial charge in [0.25, 0.3) is 5.91 Å². The van der Waals surface area contributed by atoms with Crippen molar-refractivity contribution >= 4 is 29.2 Å². The van der Waals surface area contributed by atoms with Crippen LogP contribution in [0.1, 0.15) is 55.5 Å². The number of hydrogen-bond donors (Lipinski definition) is 1. The number of amides is 4. The molecule has 0 bridgehead atoms. The number of imide groups is 1. The van der Waals surface area contributed by atoms with Gasteiger partial charge in [-0.3, -0.25) is 14.5 Å². The summed E-state index contributed by atoms with van der Waals surface area (Å²) in [5.41, 5.74) is 0.425. The summed E-state index contributed by atoms with van der Waals surface area (Å²) in [6, 6.07) is 1.64. The first-order chi connectivity index (χ1) is 12.0. The molecule has 1 aromatic heterocycles. The van der Waals surface area contributed by atoms with Gasteiger partial charge in [0.05, 0.1) is 6.04 Å². The Bertz CT molecular complexity index is 723. The topological polar surface area (TPSA) is 69.7 Å². The van der Waals surface area contributed by atoms with Crippen molar-refractivity contribution in [3.63, 3.8) is 0 Å². The second kappa shape index (κ2) is 6.12. The summed E-state index contributed by atoms with van der Waals surface area (Å²) in [5.74, 6) is -0.368. The monoisotopic (exact) mass is 361 g/mol. The number of carbonyl (C=O) groups is 3. The second-order valence-electron chi connectivity index (χ2n) is 7.28. The highest BCUT2D eigenvalue weighted by Crippen LogP contribution is 2.35. The van der Waals surface area contributed by atoms with E-state index in [4.69, 9.17) is 0 Å². The molecule has 1 aromatic rings. The Balaban J connectivity index is 1.48. The number of rotatable bonds is 2. The minimum atomic E-state index is -0.760. The minimum Gasteiger partial charge on any atom is -0.334 e. The van der Waals surface area contributed by atoms with Gasteiger partial charge in [0.15, 0.2) is 0 Å². The molecular weight excluding hydrogens is 338 g/mol. The molecule has 2 aliphatic heterocycles. The predicted octanol–water partition coefficient (Wildman–Crippen LogP) is 2.45. The van der Waals surface area contributed by atoms with Gasteiger partial charge in [-0.1, -0.05) is 19.3 Å². The number of nitrogens with one attached hydrogen (secondary N) is 1. The van der Waals surface area contributed by atoms with Crippen LogP contribution in [0.3, 0.4) is 0 Å². The minimum absolute atomic E-state index is 0.00749. The van der Waals surface area contributed by atoms with Crippen LogP contribution in [0.25, 0.3) is 0 Å². The summed E-state index contributed by atoms with van der Waals surface area (Å²) >= 11 is 1.72. The van der Waals surface area contributed by atoms with E-state index in [1.54, 1.807) is 16.2 Å². The Morgan fingerprint density at radius 3 is 2.84 bits per heavy atom. The standard InChI is InChI=1S/C18H23N3O3S/c1-12-13-6-10-25-14(13)5-9-20(12)15(22)11-21-16(23)18(19-17(21)24)7-3-2-4-8-18/h6,10,12H,2-5,7-9,11H2,1H3,(H,19,24). The Morgan fingerprint density at radius 1 is 1.32 bits per heavy atom. The van der Waals surface area contributed by atoms with Gasteiger partial charge in [-0.15, -0.1) is 11.3 Å². The van der Waals surface area contributed by atoms with E-state index in [2.05, 4.69) is 16.8 Å². The van der Waals surface area contributed by atoms with Gasteiger partial charge in [0, 0.05) is 11.4 Å². The fourth-order valence-corrected chi connectivity index (χ4v) is 5.35. The van der Waals surface area contributed by atoms with Crippen molar-refractivity contribution in [2.45, 2.75) is 57.0 Å². The molecule has 3 aliphatic rings. The van der Waals surface area contributed by atoms with Crippen molar-refractivity contribution in [3.05, 3.63) is 21.9 Å². The third-order valence-electron chi connectivity index (χ3n) is 5.84. The third kappa shape index (κ3) is 2.65. The largest absolute Gasteiger partial charge is 0.334 e. The Morgan fingerprint density at radius 2 is 2.08 bits per heavy atom. The summed E-state index contributed by atoms with van der Waals surface area (Å²) in [5, 5.41) is 4.92. The Hall–Kier alpha value is -1.89. The lowest BCUT2D eigenvalue weighted by Gasteiger charge is -2.34. The van der Waals surface area contributed by atoms with Gasteiger partial charge >= 0.3 is 6.03 Å². The average Bonchev–Trinajstić information content (AvgIpc) is 3.16.